The smallest absolute Gasteiger partial charge is 0.229 e. The standard InChI is InChI=1S/C19H26N2O4/c22-16(13-21-17(23)6-7-18(21)24)12-20-10-8-15(9-11-20)19(25)14-4-2-1-3-5-14/h1-5,15-16,19,22,25H,6-13H2/t16-,19+/m0/s1. The minimum absolute atomic E-state index is 0.0875. The fourth-order valence-corrected chi connectivity index (χ4v) is 3.77. The van der Waals surface area contributed by atoms with E-state index in [0.717, 1.165) is 31.5 Å². The Balaban J connectivity index is 1.44. The Morgan fingerprint density at radius 3 is 2.16 bits per heavy atom. The maximum atomic E-state index is 11.6. The number of hydrogen-bond donors (Lipinski definition) is 2. The molecule has 3 rings (SSSR count). The minimum atomic E-state index is -0.721. The molecule has 2 heterocycles. The molecule has 0 spiro atoms. The molecule has 2 aliphatic heterocycles. The van der Waals surface area contributed by atoms with Crippen molar-refractivity contribution in [1.29, 1.82) is 0 Å². The van der Waals surface area contributed by atoms with Crippen molar-refractivity contribution in [3.63, 3.8) is 0 Å². The molecular formula is C19H26N2O4. The molecule has 0 aliphatic carbocycles. The Labute approximate surface area is 148 Å². The fourth-order valence-electron chi connectivity index (χ4n) is 3.77. The zero-order valence-corrected chi connectivity index (χ0v) is 14.4. The lowest BCUT2D eigenvalue weighted by Crippen LogP contribution is -2.45. The van der Waals surface area contributed by atoms with Gasteiger partial charge in [0.15, 0.2) is 0 Å². The number of imide groups is 1. The van der Waals surface area contributed by atoms with E-state index < -0.39 is 12.2 Å². The summed E-state index contributed by atoms with van der Waals surface area (Å²) >= 11 is 0. The van der Waals surface area contributed by atoms with E-state index in [1.807, 2.05) is 30.3 Å². The van der Waals surface area contributed by atoms with Crippen LogP contribution in [0.15, 0.2) is 30.3 Å². The van der Waals surface area contributed by atoms with Crippen molar-refractivity contribution >= 4 is 11.8 Å². The van der Waals surface area contributed by atoms with E-state index in [1.54, 1.807) is 0 Å². The van der Waals surface area contributed by atoms with Crippen LogP contribution in [0.3, 0.4) is 0 Å². The van der Waals surface area contributed by atoms with Gasteiger partial charge in [0.2, 0.25) is 11.8 Å². The fraction of sp³-hybridized carbons (Fsp3) is 0.579. The molecule has 2 amide bonds. The monoisotopic (exact) mass is 346 g/mol. The SMILES string of the molecule is O=C1CCC(=O)N1C[C@@H](O)CN1CCC([C@H](O)c2ccccc2)CC1. The highest BCUT2D eigenvalue weighted by Crippen LogP contribution is 2.30. The van der Waals surface area contributed by atoms with Crippen molar-refractivity contribution < 1.29 is 19.8 Å². The summed E-state index contributed by atoms with van der Waals surface area (Å²) in [6.45, 7) is 2.14. The molecule has 6 heteroatoms. The van der Waals surface area contributed by atoms with Gasteiger partial charge in [-0.05, 0) is 37.4 Å². The first kappa shape index (κ1) is 18.0. The summed E-state index contributed by atoms with van der Waals surface area (Å²) in [5.41, 5.74) is 0.951. The first-order valence-corrected chi connectivity index (χ1v) is 9.01. The van der Waals surface area contributed by atoms with Gasteiger partial charge in [-0.15, -0.1) is 0 Å². The van der Waals surface area contributed by atoms with Crippen LogP contribution < -0.4 is 0 Å². The second kappa shape index (κ2) is 8.08. The molecule has 0 unspecified atom stereocenters. The highest BCUT2D eigenvalue weighted by molar-refractivity contribution is 6.01. The maximum absolute atomic E-state index is 11.6. The normalized spacial score (nSPS) is 22.4. The molecule has 0 bridgehead atoms. The Bertz CT molecular complexity index is 583. The average Bonchev–Trinajstić information content (AvgIpc) is 2.94. The third kappa shape index (κ3) is 4.45. The first-order chi connectivity index (χ1) is 12.0. The first-order valence-electron chi connectivity index (χ1n) is 9.01. The van der Waals surface area contributed by atoms with Gasteiger partial charge in [-0.25, -0.2) is 0 Å². The molecule has 2 atom stereocenters. The van der Waals surface area contributed by atoms with Crippen LogP contribution in [0.2, 0.25) is 0 Å². The predicted octanol–water partition coefficient (Wildman–Crippen LogP) is 0.942. The van der Waals surface area contributed by atoms with Crippen LogP contribution in [-0.2, 0) is 9.59 Å². The van der Waals surface area contributed by atoms with E-state index in [2.05, 4.69) is 4.90 Å². The Morgan fingerprint density at radius 1 is 0.960 bits per heavy atom. The predicted molar refractivity (Wildman–Crippen MR) is 92.5 cm³/mol. The molecular weight excluding hydrogens is 320 g/mol. The molecule has 0 aromatic heterocycles. The molecule has 1 aromatic carbocycles. The van der Waals surface area contributed by atoms with Crippen molar-refractivity contribution in [3.8, 4) is 0 Å². The molecule has 2 aliphatic rings. The van der Waals surface area contributed by atoms with Crippen molar-refractivity contribution in [1.82, 2.24) is 9.80 Å². The number of aliphatic hydroxyl groups excluding tert-OH is 2. The molecule has 136 valence electrons. The van der Waals surface area contributed by atoms with E-state index in [9.17, 15) is 19.8 Å². The summed E-state index contributed by atoms with van der Waals surface area (Å²) in [7, 11) is 0. The van der Waals surface area contributed by atoms with Gasteiger partial charge in [-0.1, -0.05) is 30.3 Å². The number of likely N-dealkylation sites (tertiary alicyclic amines) is 2. The molecule has 1 aromatic rings. The molecule has 2 N–H and O–H groups in total. The van der Waals surface area contributed by atoms with E-state index in [4.69, 9.17) is 0 Å². The van der Waals surface area contributed by atoms with Crippen molar-refractivity contribution in [2.24, 2.45) is 5.92 Å². The van der Waals surface area contributed by atoms with Gasteiger partial charge in [-0.3, -0.25) is 14.5 Å². The number of benzene rings is 1. The minimum Gasteiger partial charge on any atom is -0.390 e. The van der Waals surface area contributed by atoms with Crippen LogP contribution in [0.1, 0.15) is 37.4 Å². The van der Waals surface area contributed by atoms with Crippen molar-refractivity contribution in [2.45, 2.75) is 37.9 Å². The number of rotatable bonds is 6. The average molecular weight is 346 g/mol. The van der Waals surface area contributed by atoms with Crippen LogP contribution in [-0.4, -0.2) is 64.1 Å². The van der Waals surface area contributed by atoms with E-state index in [-0.39, 0.29) is 37.1 Å². The lowest BCUT2D eigenvalue weighted by Gasteiger charge is -2.35. The summed E-state index contributed by atoms with van der Waals surface area (Å²) in [6, 6.07) is 9.71. The second-order valence-electron chi connectivity index (χ2n) is 7.05. The second-order valence-corrected chi connectivity index (χ2v) is 7.05. The molecule has 0 radical (unpaired) electrons. The number of nitrogens with zero attached hydrogens (tertiary/aromatic N) is 2. The van der Waals surface area contributed by atoms with Crippen molar-refractivity contribution in [3.05, 3.63) is 35.9 Å². The zero-order valence-electron chi connectivity index (χ0n) is 14.4. The largest absolute Gasteiger partial charge is 0.390 e. The molecule has 0 saturated carbocycles. The number of β-amino-alcohol motifs (C(OH)–C–C–N with tert-alkyl or cyclic N) is 1. The third-order valence-electron chi connectivity index (χ3n) is 5.24. The quantitative estimate of drug-likeness (QED) is 0.750. The summed E-state index contributed by atoms with van der Waals surface area (Å²) in [6.07, 6.45) is 1.08. The Kier molecular flexibility index (Phi) is 5.83. The van der Waals surface area contributed by atoms with Gasteiger partial charge in [0, 0.05) is 19.4 Å². The van der Waals surface area contributed by atoms with Gasteiger partial charge in [0.1, 0.15) is 0 Å². The summed E-state index contributed by atoms with van der Waals surface area (Å²) < 4.78 is 0. The van der Waals surface area contributed by atoms with E-state index >= 15 is 0 Å². The van der Waals surface area contributed by atoms with Crippen LogP contribution in [0.25, 0.3) is 0 Å². The molecule has 2 saturated heterocycles. The van der Waals surface area contributed by atoms with Crippen molar-refractivity contribution in [2.75, 3.05) is 26.2 Å². The number of carbonyl (C=O) groups is 2. The number of piperidine rings is 1. The van der Waals surface area contributed by atoms with Gasteiger partial charge in [0.25, 0.3) is 0 Å². The van der Waals surface area contributed by atoms with Crippen LogP contribution in [0.4, 0.5) is 0 Å². The molecule has 2 fully saturated rings. The Hall–Kier alpha value is -1.76. The zero-order chi connectivity index (χ0) is 17.8. The highest BCUT2D eigenvalue weighted by atomic mass is 16.3. The van der Waals surface area contributed by atoms with Crippen LogP contribution in [0, 0.1) is 5.92 Å². The number of aliphatic hydroxyl groups is 2. The summed E-state index contributed by atoms with van der Waals surface area (Å²) in [5, 5.41) is 20.7. The summed E-state index contributed by atoms with van der Waals surface area (Å²) in [5.74, 6) is -0.153. The topological polar surface area (TPSA) is 81.1 Å². The van der Waals surface area contributed by atoms with Crippen LogP contribution in [0.5, 0.6) is 0 Å². The van der Waals surface area contributed by atoms with Gasteiger partial charge >= 0.3 is 0 Å². The molecule has 6 nitrogen and oxygen atoms in total. The van der Waals surface area contributed by atoms with Gasteiger partial charge < -0.3 is 15.1 Å². The lowest BCUT2D eigenvalue weighted by atomic mass is 9.87. The Morgan fingerprint density at radius 2 is 1.56 bits per heavy atom. The van der Waals surface area contributed by atoms with Crippen LogP contribution >= 0.6 is 0 Å². The van der Waals surface area contributed by atoms with Gasteiger partial charge in [0.05, 0.1) is 18.8 Å². The maximum Gasteiger partial charge on any atom is 0.229 e. The number of amides is 2. The highest BCUT2D eigenvalue weighted by Gasteiger charge is 2.32. The number of carbonyl (C=O) groups excluding carboxylic acids is 2. The van der Waals surface area contributed by atoms with E-state index in [0.29, 0.717) is 6.54 Å². The third-order valence-corrected chi connectivity index (χ3v) is 5.24. The van der Waals surface area contributed by atoms with Gasteiger partial charge in [-0.2, -0.15) is 0 Å². The van der Waals surface area contributed by atoms with E-state index in [1.165, 1.54) is 4.90 Å². The molecule has 25 heavy (non-hydrogen) atoms. The lowest BCUT2D eigenvalue weighted by molar-refractivity contribution is -0.140. The summed E-state index contributed by atoms with van der Waals surface area (Å²) in [4.78, 5) is 26.6. The number of hydrogen-bond acceptors (Lipinski definition) is 5.